The first-order valence-corrected chi connectivity index (χ1v) is 4.28. The van der Waals surface area contributed by atoms with Crippen molar-refractivity contribution < 1.29 is 9.84 Å². The van der Waals surface area contributed by atoms with Crippen molar-refractivity contribution in [2.45, 2.75) is 25.3 Å². The van der Waals surface area contributed by atoms with Crippen molar-refractivity contribution in [3.63, 3.8) is 0 Å². The Morgan fingerprint density at radius 3 is 2.64 bits per heavy atom. The van der Waals surface area contributed by atoms with Crippen molar-refractivity contribution in [3.05, 3.63) is 0 Å². The number of hydrogen-bond acceptors (Lipinski definition) is 3. The Hall–Kier alpha value is -0.120. The van der Waals surface area contributed by atoms with Crippen LogP contribution in [0.1, 0.15) is 19.3 Å². The molecular weight excluding hydrogens is 142 g/mol. The second kappa shape index (κ2) is 4.70. The van der Waals surface area contributed by atoms with E-state index >= 15 is 0 Å². The number of nitrogens with two attached hydrogens (primary N) is 1. The number of aliphatic hydroxyl groups excluding tert-OH is 1. The molecule has 0 aromatic rings. The summed E-state index contributed by atoms with van der Waals surface area (Å²) in [6.45, 7) is 1.88. The molecule has 1 aliphatic rings. The van der Waals surface area contributed by atoms with Gasteiger partial charge in [0.2, 0.25) is 0 Å². The fourth-order valence-corrected chi connectivity index (χ4v) is 1.53. The molecule has 0 radical (unpaired) electrons. The molecule has 0 bridgehead atoms. The summed E-state index contributed by atoms with van der Waals surface area (Å²) in [5.41, 5.74) is 5.84. The Bertz CT molecular complexity index is 102. The van der Waals surface area contributed by atoms with Gasteiger partial charge < -0.3 is 15.6 Å². The van der Waals surface area contributed by atoms with Crippen LogP contribution in [0.15, 0.2) is 0 Å². The van der Waals surface area contributed by atoms with Crippen LogP contribution in [0, 0.1) is 5.92 Å². The van der Waals surface area contributed by atoms with Crippen molar-refractivity contribution >= 4 is 0 Å². The Morgan fingerprint density at radius 1 is 1.45 bits per heavy atom. The molecule has 1 aliphatic heterocycles. The van der Waals surface area contributed by atoms with E-state index in [0.29, 0.717) is 5.92 Å². The summed E-state index contributed by atoms with van der Waals surface area (Å²) >= 11 is 0. The first-order valence-electron chi connectivity index (χ1n) is 4.28. The summed E-state index contributed by atoms with van der Waals surface area (Å²) in [6, 6.07) is 0.170. The molecular formula is C8H17NO2. The van der Waals surface area contributed by atoms with E-state index in [1.807, 2.05) is 0 Å². The van der Waals surface area contributed by atoms with Crippen LogP contribution in [0.25, 0.3) is 0 Å². The summed E-state index contributed by atoms with van der Waals surface area (Å²) in [6.07, 6.45) is 2.84. The van der Waals surface area contributed by atoms with Gasteiger partial charge >= 0.3 is 0 Å². The lowest BCUT2D eigenvalue weighted by Crippen LogP contribution is -2.34. The van der Waals surface area contributed by atoms with Crippen LogP contribution in [0.5, 0.6) is 0 Å². The van der Waals surface area contributed by atoms with E-state index in [9.17, 15) is 0 Å². The molecule has 3 nitrogen and oxygen atoms in total. The molecule has 1 rings (SSSR count). The van der Waals surface area contributed by atoms with Gasteiger partial charge in [-0.15, -0.1) is 0 Å². The third kappa shape index (κ3) is 2.77. The summed E-state index contributed by atoms with van der Waals surface area (Å²) in [4.78, 5) is 0. The monoisotopic (exact) mass is 159 g/mol. The zero-order valence-corrected chi connectivity index (χ0v) is 6.83. The molecule has 0 amide bonds. The zero-order valence-electron chi connectivity index (χ0n) is 6.83. The maximum absolute atomic E-state index is 8.66. The van der Waals surface area contributed by atoms with E-state index < -0.39 is 0 Å². The first kappa shape index (κ1) is 8.97. The molecule has 0 aliphatic carbocycles. The first-order chi connectivity index (χ1) is 5.34. The highest BCUT2D eigenvalue weighted by Gasteiger charge is 2.19. The maximum atomic E-state index is 8.66. The van der Waals surface area contributed by atoms with Gasteiger partial charge in [0, 0.05) is 25.9 Å². The summed E-state index contributed by atoms with van der Waals surface area (Å²) in [5.74, 6) is 0.566. The average Bonchev–Trinajstić information content (AvgIpc) is 2.07. The highest BCUT2D eigenvalue weighted by atomic mass is 16.5. The van der Waals surface area contributed by atoms with E-state index in [0.717, 1.165) is 32.5 Å². The van der Waals surface area contributed by atoms with E-state index in [1.165, 1.54) is 0 Å². The van der Waals surface area contributed by atoms with E-state index in [2.05, 4.69) is 0 Å². The largest absolute Gasteiger partial charge is 0.396 e. The number of hydrogen-bond donors (Lipinski definition) is 2. The minimum absolute atomic E-state index is 0.170. The third-order valence-electron chi connectivity index (χ3n) is 2.33. The number of ether oxygens (including phenoxy) is 1. The van der Waals surface area contributed by atoms with Gasteiger partial charge in [0.05, 0.1) is 0 Å². The highest BCUT2D eigenvalue weighted by Crippen LogP contribution is 2.18. The zero-order chi connectivity index (χ0) is 8.10. The molecule has 3 N–H and O–H groups in total. The summed E-state index contributed by atoms with van der Waals surface area (Å²) < 4.78 is 5.21. The molecule has 11 heavy (non-hydrogen) atoms. The quantitative estimate of drug-likeness (QED) is 0.615. The lowest BCUT2D eigenvalue weighted by molar-refractivity contribution is 0.0553. The lowest BCUT2D eigenvalue weighted by atomic mass is 9.91. The molecule has 3 heteroatoms. The van der Waals surface area contributed by atoms with Crippen molar-refractivity contribution in [2.75, 3.05) is 19.8 Å². The maximum Gasteiger partial charge on any atom is 0.0469 e. The van der Waals surface area contributed by atoms with Gasteiger partial charge in [0.25, 0.3) is 0 Å². The molecule has 1 saturated heterocycles. The third-order valence-corrected chi connectivity index (χ3v) is 2.33. The molecule has 1 unspecified atom stereocenters. The van der Waals surface area contributed by atoms with Gasteiger partial charge in [-0.1, -0.05) is 0 Å². The summed E-state index contributed by atoms with van der Waals surface area (Å²) in [5, 5.41) is 8.66. The molecule has 1 fully saturated rings. The van der Waals surface area contributed by atoms with Crippen molar-refractivity contribution in [3.8, 4) is 0 Å². The molecule has 1 atom stereocenters. The fourth-order valence-electron chi connectivity index (χ4n) is 1.53. The van der Waals surface area contributed by atoms with Gasteiger partial charge in [0.1, 0.15) is 0 Å². The smallest absolute Gasteiger partial charge is 0.0469 e. The van der Waals surface area contributed by atoms with Crippen LogP contribution in [-0.2, 0) is 4.74 Å². The van der Waals surface area contributed by atoms with Crippen LogP contribution in [0.4, 0.5) is 0 Å². The number of aliphatic hydroxyl groups is 1. The van der Waals surface area contributed by atoms with Crippen molar-refractivity contribution in [2.24, 2.45) is 11.7 Å². The average molecular weight is 159 g/mol. The fraction of sp³-hybridized carbons (Fsp3) is 1.00. The number of rotatable bonds is 3. The molecule has 0 aromatic heterocycles. The van der Waals surface area contributed by atoms with E-state index in [1.54, 1.807) is 0 Å². The van der Waals surface area contributed by atoms with Crippen LogP contribution in [0.3, 0.4) is 0 Å². The Morgan fingerprint density at radius 2 is 2.09 bits per heavy atom. The van der Waals surface area contributed by atoms with Crippen LogP contribution < -0.4 is 5.73 Å². The van der Waals surface area contributed by atoms with Crippen LogP contribution in [0.2, 0.25) is 0 Å². The second-order valence-electron chi connectivity index (χ2n) is 3.13. The lowest BCUT2D eigenvalue weighted by Gasteiger charge is -2.26. The van der Waals surface area contributed by atoms with Crippen LogP contribution >= 0.6 is 0 Å². The normalized spacial score (nSPS) is 23.5. The Balaban J connectivity index is 2.21. The van der Waals surface area contributed by atoms with Gasteiger partial charge in [-0.05, 0) is 25.2 Å². The molecule has 1 heterocycles. The molecule has 66 valence electrons. The van der Waals surface area contributed by atoms with E-state index in [4.69, 9.17) is 15.6 Å². The Labute approximate surface area is 67.5 Å². The van der Waals surface area contributed by atoms with Gasteiger partial charge in [-0.2, -0.15) is 0 Å². The molecule has 0 spiro atoms. The second-order valence-corrected chi connectivity index (χ2v) is 3.13. The van der Waals surface area contributed by atoms with Gasteiger partial charge in [-0.25, -0.2) is 0 Å². The Kier molecular flexibility index (Phi) is 3.83. The van der Waals surface area contributed by atoms with Crippen molar-refractivity contribution in [1.29, 1.82) is 0 Å². The molecule has 0 saturated carbocycles. The van der Waals surface area contributed by atoms with Gasteiger partial charge in [-0.3, -0.25) is 0 Å². The summed E-state index contributed by atoms with van der Waals surface area (Å²) in [7, 11) is 0. The predicted octanol–water partition coefficient (Wildman–Crippen LogP) is 0.123. The standard InChI is InChI=1S/C8H17NO2/c9-8(1-4-10)7-2-5-11-6-3-7/h7-8,10H,1-6,9H2. The minimum atomic E-state index is 0.170. The predicted molar refractivity (Wildman–Crippen MR) is 43.2 cm³/mol. The van der Waals surface area contributed by atoms with Gasteiger partial charge in [0.15, 0.2) is 0 Å². The topological polar surface area (TPSA) is 55.5 Å². The highest BCUT2D eigenvalue weighted by molar-refractivity contribution is 4.74. The molecule has 0 aromatic carbocycles. The van der Waals surface area contributed by atoms with E-state index in [-0.39, 0.29) is 12.6 Å². The SMILES string of the molecule is NC(CCO)C1CCOCC1. The minimum Gasteiger partial charge on any atom is -0.396 e. The van der Waals surface area contributed by atoms with Crippen molar-refractivity contribution in [1.82, 2.24) is 0 Å². The van der Waals surface area contributed by atoms with Crippen LogP contribution in [-0.4, -0.2) is 31.0 Å².